The highest BCUT2D eigenvalue weighted by molar-refractivity contribution is 5.66. The summed E-state index contributed by atoms with van der Waals surface area (Å²) in [4.78, 5) is 10.4. The molecule has 8 heteroatoms. The Labute approximate surface area is 117 Å². The summed E-state index contributed by atoms with van der Waals surface area (Å²) in [6.07, 6.45) is -2.08. The van der Waals surface area contributed by atoms with Crippen LogP contribution in [0.5, 0.6) is 11.5 Å². The third kappa shape index (κ3) is 3.98. The van der Waals surface area contributed by atoms with Gasteiger partial charge >= 0.3 is 12.1 Å². The number of carboxylic acids is 1. The lowest BCUT2D eigenvalue weighted by atomic mass is 10.2. The van der Waals surface area contributed by atoms with Crippen LogP contribution in [-0.4, -0.2) is 20.9 Å². The molecule has 0 saturated heterocycles. The van der Waals surface area contributed by atoms with E-state index in [1.54, 1.807) is 0 Å². The minimum absolute atomic E-state index is 0.108. The zero-order valence-electron chi connectivity index (χ0n) is 10.7. The quantitative estimate of drug-likeness (QED) is 0.921. The van der Waals surface area contributed by atoms with Crippen molar-refractivity contribution in [3.8, 4) is 11.5 Å². The van der Waals surface area contributed by atoms with Crippen LogP contribution in [-0.2, 0) is 17.5 Å². The number of hydrogen-bond donors (Lipinski definition) is 1. The fourth-order valence-electron chi connectivity index (χ4n) is 1.65. The second kappa shape index (κ2) is 5.86. The number of aliphatic carboxylic acids is 1. The van der Waals surface area contributed by atoms with Gasteiger partial charge in [-0.1, -0.05) is 12.1 Å². The lowest BCUT2D eigenvalue weighted by molar-refractivity contribution is -0.139. The van der Waals surface area contributed by atoms with E-state index in [-0.39, 0.29) is 24.5 Å². The number of ether oxygens (including phenoxy) is 1. The van der Waals surface area contributed by atoms with E-state index in [1.165, 1.54) is 35.3 Å². The van der Waals surface area contributed by atoms with Crippen molar-refractivity contribution in [2.45, 2.75) is 19.1 Å². The predicted molar refractivity (Wildman–Crippen MR) is 66.0 cm³/mol. The fraction of sp³-hybridized carbons (Fsp3) is 0.231. The molecule has 0 fully saturated rings. The summed E-state index contributed by atoms with van der Waals surface area (Å²) in [5.41, 5.74) is -0.886. The van der Waals surface area contributed by atoms with Crippen LogP contribution in [0.1, 0.15) is 12.0 Å². The highest BCUT2D eigenvalue weighted by Gasteiger charge is 2.34. The van der Waals surface area contributed by atoms with Crippen LogP contribution in [0.3, 0.4) is 0 Å². The summed E-state index contributed by atoms with van der Waals surface area (Å²) < 4.78 is 44.9. The first-order valence-corrected chi connectivity index (χ1v) is 5.94. The second-order valence-corrected chi connectivity index (χ2v) is 4.18. The molecule has 0 bridgehead atoms. The maximum absolute atomic E-state index is 12.8. The first-order valence-electron chi connectivity index (χ1n) is 5.94. The number of para-hydroxylation sites is 1. The summed E-state index contributed by atoms with van der Waals surface area (Å²) in [7, 11) is 0. The van der Waals surface area contributed by atoms with Gasteiger partial charge in [-0.2, -0.15) is 18.3 Å². The molecule has 1 heterocycles. The van der Waals surface area contributed by atoms with Gasteiger partial charge in [-0.25, -0.2) is 0 Å². The normalized spacial score (nSPS) is 11.4. The van der Waals surface area contributed by atoms with Crippen molar-refractivity contribution in [2.24, 2.45) is 0 Å². The molecule has 0 radical (unpaired) electrons. The third-order valence-electron chi connectivity index (χ3n) is 2.58. The summed E-state index contributed by atoms with van der Waals surface area (Å²) in [5, 5.41) is 12.4. The third-order valence-corrected chi connectivity index (χ3v) is 2.58. The summed E-state index contributed by atoms with van der Waals surface area (Å²) in [5.74, 6) is -1.21. The van der Waals surface area contributed by atoms with Crippen LogP contribution in [0.25, 0.3) is 0 Å². The van der Waals surface area contributed by atoms with Gasteiger partial charge in [0.15, 0.2) is 5.75 Å². The number of carboxylic acid groups (broad SMARTS) is 1. The van der Waals surface area contributed by atoms with Crippen molar-refractivity contribution in [1.82, 2.24) is 9.78 Å². The Bertz CT molecular complexity index is 638. The van der Waals surface area contributed by atoms with Gasteiger partial charge in [0.05, 0.1) is 30.9 Å². The molecule has 0 aliphatic rings. The predicted octanol–water partition coefficient (Wildman–Crippen LogP) is 3.17. The van der Waals surface area contributed by atoms with E-state index in [4.69, 9.17) is 9.84 Å². The maximum Gasteiger partial charge on any atom is 0.419 e. The first-order chi connectivity index (χ1) is 9.86. The number of hydrogen-bond acceptors (Lipinski definition) is 3. The van der Waals surface area contributed by atoms with Crippen LogP contribution in [0.15, 0.2) is 36.7 Å². The Morgan fingerprint density at radius 2 is 2.05 bits per heavy atom. The Morgan fingerprint density at radius 1 is 1.33 bits per heavy atom. The number of rotatable bonds is 5. The molecule has 0 atom stereocenters. The number of aromatic nitrogens is 2. The molecule has 2 aromatic rings. The standard InChI is InChI=1S/C13H11F3N2O3/c14-13(15,16)10-3-1-2-4-11(10)21-9-7-17-18(8-9)6-5-12(19)20/h1-4,7-8H,5-6H2,(H,19,20). The zero-order chi connectivity index (χ0) is 15.5. The molecule has 1 aromatic carbocycles. The lowest BCUT2D eigenvalue weighted by Gasteiger charge is -2.12. The number of carbonyl (C=O) groups is 1. The van der Waals surface area contributed by atoms with Crippen LogP contribution >= 0.6 is 0 Å². The lowest BCUT2D eigenvalue weighted by Crippen LogP contribution is -2.06. The fourth-order valence-corrected chi connectivity index (χ4v) is 1.65. The average molecular weight is 300 g/mol. The van der Waals surface area contributed by atoms with E-state index >= 15 is 0 Å². The van der Waals surface area contributed by atoms with Crippen molar-refractivity contribution in [3.05, 3.63) is 42.2 Å². The molecular weight excluding hydrogens is 289 g/mol. The molecule has 1 aromatic heterocycles. The molecule has 2 rings (SSSR count). The van der Waals surface area contributed by atoms with Gasteiger partial charge in [-0.05, 0) is 12.1 Å². The molecule has 112 valence electrons. The topological polar surface area (TPSA) is 64.3 Å². The van der Waals surface area contributed by atoms with Gasteiger partial charge in [0.1, 0.15) is 5.75 Å². The Hall–Kier alpha value is -2.51. The summed E-state index contributed by atoms with van der Waals surface area (Å²) >= 11 is 0. The highest BCUT2D eigenvalue weighted by Crippen LogP contribution is 2.37. The van der Waals surface area contributed by atoms with Gasteiger partial charge in [0.2, 0.25) is 0 Å². The summed E-state index contributed by atoms with van der Waals surface area (Å²) in [6, 6.07) is 4.83. The molecule has 0 amide bonds. The van der Waals surface area contributed by atoms with Crippen molar-refractivity contribution < 1.29 is 27.8 Å². The van der Waals surface area contributed by atoms with Crippen LogP contribution < -0.4 is 4.74 Å². The van der Waals surface area contributed by atoms with Crippen molar-refractivity contribution >= 4 is 5.97 Å². The van der Waals surface area contributed by atoms with Gasteiger partial charge in [-0.15, -0.1) is 0 Å². The smallest absolute Gasteiger partial charge is 0.419 e. The SMILES string of the molecule is O=C(O)CCn1cc(Oc2ccccc2C(F)(F)F)cn1. The minimum atomic E-state index is -4.52. The van der Waals surface area contributed by atoms with E-state index in [0.717, 1.165) is 6.07 Å². The van der Waals surface area contributed by atoms with Crippen LogP contribution in [0.2, 0.25) is 0 Å². The first kappa shape index (κ1) is 14.9. The van der Waals surface area contributed by atoms with E-state index in [9.17, 15) is 18.0 Å². The minimum Gasteiger partial charge on any atom is -0.481 e. The molecule has 5 nitrogen and oxygen atoms in total. The number of aryl methyl sites for hydroxylation is 1. The van der Waals surface area contributed by atoms with Crippen LogP contribution in [0, 0.1) is 0 Å². The molecule has 1 N–H and O–H groups in total. The van der Waals surface area contributed by atoms with E-state index in [0.29, 0.717) is 0 Å². The van der Waals surface area contributed by atoms with Gasteiger partial charge in [-0.3, -0.25) is 9.48 Å². The van der Waals surface area contributed by atoms with Crippen molar-refractivity contribution in [1.29, 1.82) is 0 Å². The molecule has 0 aliphatic heterocycles. The summed E-state index contributed by atoms with van der Waals surface area (Å²) in [6.45, 7) is 0.111. The Morgan fingerprint density at radius 3 is 2.71 bits per heavy atom. The van der Waals surface area contributed by atoms with Crippen molar-refractivity contribution in [3.63, 3.8) is 0 Å². The van der Waals surface area contributed by atoms with Crippen LogP contribution in [0.4, 0.5) is 13.2 Å². The van der Waals surface area contributed by atoms with Crippen molar-refractivity contribution in [2.75, 3.05) is 0 Å². The number of nitrogens with zero attached hydrogens (tertiary/aromatic N) is 2. The largest absolute Gasteiger partial charge is 0.481 e. The van der Waals surface area contributed by atoms with Gasteiger partial charge in [0, 0.05) is 0 Å². The van der Waals surface area contributed by atoms with Gasteiger partial charge < -0.3 is 9.84 Å². The number of benzene rings is 1. The Balaban J connectivity index is 2.14. The molecule has 0 saturated carbocycles. The second-order valence-electron chi connectivity index (χ2n) is 4.18. The molecule has 0 spiro atoms. The van der Waals surface area contributed by atoms with E-state index < -0.39 is 17.7 Å². The number of alkyl halides is 3. The monoisotopic (exact) mass is 300 g/mol. The average Bonchev–Trinajstić information content (AvgIpc) is 2.83. The Kier molecular flexibility index (Phi) is 4.15. The molecular formula is C13H11F3N2O3. The van der Waals surface area contributed by atoms with Gasteiger partial charge in [0.25, 0.3) is 0 Å². The zero-order valence-corrected chi connectivity index (χ0v) is 10.7. The number of halogens is 3. The molecule has 0 unspecified atom stereocenters. The van der Waals surface area contributed by atoms with E-state index in [2.05, 4.69) is 5.10 Å². The molecule has 0 aliphatic carbocycles. The molecule has 21 heavy (non-hydrogen) atoms. The maximum atomic E-state index is 12.8. The van der Waals surface area contributed by atoms with E-state index in [1.807, 2.05) is 0 Å². The highest BCUT2D eigenvalue weighted by atomic mass is 19.4.